The fraction of sp³-hybridized carbons (Fsp3) is 0.222. The minimum Gasteiger partial charge on any atom is -0.431 e. The van der Waals surface area contributed by atoms with E-state index in [2.05, 4.69) is 11.3 Å². The molecular weight excluding hydrogens is 211 g/mol. The van der Waals surface area contributed by atoms with Crippen LogP contribution in [0.1, 0.15) is 6.92 Å². The van der Waals surface area contributed by atoms with Crippen molar-refractivity contribution in [1.82, 2.24) is 0 Å². The molecule has 0 radical (unpaired) electrons. The molecule has 72 valence electrons. The van der Waals surface area contributed by atoms with Gasteiger partial charge in [-0.15, -0.1) is 23.2 Å². The smallest absolute Gasteiger partial charge is 0.337 e. The third-order valence-corrected chi connectivity index (χ3v) is 1.26. The second-order valence-corrected chi connectivity index (χ2v) is 3.40. The van der Waals surface area contributed by atoms with Gasteiger partial charge in [0.1, 0.15) is 4.84 Å². The molecule has 0 aromatic carbocycles. The zero-order valence-corrected chi connectivity index (χ0v) is 8.68. The average Bonchev–Trinajstić information content (AvgIpc) is 2.02. The van der Waals surface area contributed by atoms with Gasteiger partial charge in [0.25, 0.3) is 0 Å². The normalized spacial score (nSPS) is 11.4. The highest BCUT2D eigenvalue weighted by molar-refractivity contribution is 6.45. The van der Waals surface area contributed by atoms with Crippen LogP contribution in [-0.4, -0.2) is 10.8 Å². The molecule has 0 aliphatic rings. The zero-order valence-electron chi connectivity index (χ0n) is 7.17. The van der Waals surface area contributed by atoms with Crippen LogP contribution in [0.2, 0.25) is 0 Å². The molecule has 0 bridgehead atoms. The van der Waals surface area contributed by atoms with Crippen LogP contribution in [0.3, 0.4) is 0 Å². The van der Waals surface area contributed by atoms with Gasteiger partial charge in [-0.05, 0) is 13.0 Å². The van der Waals surface area contributed by atoms with E-state index >= 15 is 0 Å². The molecule has 0 aromatic rings. The lowest BCUT2D eigenvalue weighted by atomic mass is 10.4. The van der Waals surface area contributed by atoms with E-state index in [9.17, 15) is 4.79 Å². The molecule has 0 spiro atoms. The molecular formula is C9H10Cl2O2. The number of halogens is 2. The van der Waals surface area contributed by atoms with Crippen LogP contribution in [0.25, 0.3) is 0 Å². The molecule has 0 atom stereocenters. The van der Waals surface area contributed by atoms with Crippen molar-refractivity contribution in [2.75, 3.05) is 0 Å². The lowest BCUT2D eigenvalue weighted by molar-refractivity contribution is -0.133. The van der Waals surface area contributed by atoms with Crippen molar-refractivity contribution in [2.24, 2.45) is 0 Å². The van der Waals surface area contributed by atoms with E-state index in [1.807, 2.05) is 0 Å². The maximum atomic E-state index is 10.8. The Hall–Kier alpha value is -0.730. The molecule has 0 saturated heterocycles. The summed E-state index contributed by atoms with van der Waals surface area (Å²) in [6, 6.07) is 0. The van der Waals surface area contributed by atoms with Crippen molar-refractivity contribution in [3.05, 3.63) is 36.6 Å². The standard InChI is InChI=1S/C9H10Cl2O2/c1-7(2)9(12)13-6-4-3-5-8(10)11/h3-6,8H,1H2,2H3. The topological polar surface area (TPSA) is 26.3 Å². The SMILES string of the molecule is C=C(C)C(=O)OC=CC=CC(Cl)Cl. The molecule has 0 amide bonds. The third kappa shape index (κ3) is 7.62. The summed E-state index contributed by atoms with van der Waals surface area (Å²) in [6.07, 6.45) is 5.87. The first-order valence-corrected chi connectivity index (χ1v) is 4.39. The molecule has 0 unspecified atom stereocenters. The molecule has 13 heavy (non-hydrogen) atoms. The first kappa shape index (κ1) is 12.3. The van der Waals surface area contributed by atoms with E-state index < -0.39 is 10.8 Å². The van der Waals surface area contributed by atoms with Gasteiger partial charge in [0.05, 0.1) is 6.26 Å². The van der Waals surface area contributed by atoms with Crippen molar-refractivity contribution in [3.8, 4) is 0 Å². The first-order valence-electron chi connectivity index (χ1n) is 3.52. The molecule has 0 fully saturated rings. The molecule has 0 N–H and O–H groups in total. The first-order chi connectivity index (χ1) is 6.04. The van der Waals surface area contributed by atoms with Gasteiger partial charge in [-0.2, -0.15) is 0 Å². The fourth-order valence-corrected chi connectivity index (χ4v) is 0.563. The lowest BCUT2D eigenvalue weighted by Gasteiger charge is -1.94. The molecule has 0 heterocycles. The highest BCUT2D eigenvalue weighted by Crippen LogP contribution is 2.02. The minimum atomic E-state index is -0.554. The van der Waals surface area contributed by atoms with Crippen LogP contribution < -0.4 is 0 Å². The van der Waals surface area contributed by atoms with E-state index in [4.69, 9.17) is 23.2 Å². The van der Waals surface area contributed by atoms with Crippen LogP contribution in [0.15, 0.2) is 36.6 Å². The van der Waals surface area contributed by atoms with Gasteiger partial charge in [-0.1, -0.05) is 18.7 Å². The highest BCUT2D eigenvalue weighted by atomic mass is 35.5. The van der Waals surface area contributed by atoms with E-state index in [0.717, 1.165) is 0 Å². The summed E-state index contributed by atoms with van der Waals surface area (Å²) in [6.45, 7) is 4.98. The van der Waals surface area contributed by atoms with Crippen molar-refractivity contribution < 1.29 is 9.53 Å². The highest BCUT2D eigenvalue weighted by Gasteiger charge is 1.98. The van der Waals surface area contributed by atoms with E-state index in [1.165, 1.54) is 18.4 Å². The maximum Gasteiger partial charge on any atom is 0.337 e. The predicted molar refractivity (Wildman–Crippen MR) is 54.7 cm³/mol. The Balaban J connectivity index is 3.76. The number of carbonyl (C=O) groups excluding carboxylic acids is 1. The quantitative estimate of drug-likeness (QED) is 0.240. The third-order valence-electron chi connectivity index (χ3n) is 0.970. The van der Waals surface area contributed by atoms with Crippen LogP contribution in [-0.2, 0) is 9.53 Å². The zero-order chi connectivity index (χ0) is 10.3. The van der Waals surface area contributed by atoms with Crippen LogP contribution in [0.5, 0.6) is 0 Å². The summed E-state index contributed by atoms with van der Waals surface area (Å²) in [4.78, 5) is 10.2. The van der Waals surface area contributed by atoms with Crippen LogP contribution in [0, 0.1) is 0 Å². The number of allylic oxidation sites excluding steroid dienone is 3. The Morgan fingerprint density at radius 1 is 1.46 bits per heavy atom. The molecule has 0 aliphatic carbocycles. The summed E-state index contributed by atoms with van der Waals surface area (Å²) in [5, 5.41) is 0. The number of esters is 1. The van der Waals surface area contributed by atoms with Gasteiger partial charge in [-0.25, -0.2) is 4.79 Å². The van der Waals surface area contributed by atoms with Gasteiger partial charge in [0.2, 0.25) is 0 Å². The summed E-state index contributed by atoms with van der Waals surface area (Å²) in [5.74, 6) is -0.460. The second-order valence-electron chi connectivity index (χ2n) is 2.23. The van der Waals surface area contributed by atoms with Crippen molar-refractivity contribution >= 4 is 29.2 Å². The molecule has 0 saturated carbocycles. The Bertz CT molecular complexity index is 242. The number of carbonyl (C=O) groups is 1. The van der Waals surface area contributed by atoms with Gasteiger partial charge in [0.15, 0.2) is 0 Å². The number of rotatable bonds is 4. The van der Waals surface area contributed by atoms with Gasteiger partial charge < -0.3 is 4.74 Å². The van der Waals surface area contributed by atoms with Crippen molar-refractivity contribution in [2.45, 2.75) is 11.8 Å². The maximum absolute atomic E-state index is 10.8. The van der Waals surface area contributed by atoms with Crippen molar-refractivity contribution in [3.63, 3.8) is 0 Å². The van der Waals surface area contributed by atoms with Crippen LogP contribution in [0.4, 0.5) is 0 Å². The van der Waals surface area contributed by atoms with Gasteiger partial charge >= 0.3 is 5.97 Å². The Morgan fingerprint density at radius 3 is 2.54 bits per heavy atom. The Labute approximate surface area is 87.5 Å². The monoisotopic (exact) mass is 220 g/mol. The second kappa shape index (κ2) is 6.75. The largest absolute Gasteiger partial charge is 0.431 e. The summed E-state index contributed by atoms with van der Waals surface area (Å²) in [7, 11) is 0. The number of hydrogen-bond acceptors (Lipinski definition) is 2. The minimum absolute atomic E-state index is 0.348. The fourth-order valence-electron chi connectivity index (χ4n) is 0.395. The molecule has 2 nitrogen and oxygen atoms in total. The Morgan fingerprint density at radius 2 is 2.08 bits per heavy atom. The van der Waals surface area contributed by atoms with Crippen LogP contribution >= 0.6 is 23.2 Å². The van der Waals surface area contributed by atoms with E-state index in [1.54, 1.807) is 13.0 Å². The predicted octanol–water partition coefficient (Wildman–Crippen LogP) is 2.98. The average molecular weight is 221 g/mol. The molecule has 4 heteroatoms. The summed E-state index contributed by atoms with van der Waals surface area (Å²) < 4.78 is 4.63. The van der Waals surface area contributed by atoms with E-state index in [0.29, 0.717) is 5.57 Å². The number of hydrogen-bond donors (Lipinski definition) is 0. The van der Waals surface area contributed by atoms with Crippen molar-refractivity contribution in [1.29, 1.82) is 0 Å². The molecule has 0 aromatic heterocycles. The number of alkyl halides is 2. The van der Waals surface area contributed by atoms with Gasteiger partial charge in [0, 0.05) is 5.57 Å². The van der Waals surface area contributed by atoms with E-state index in [-0.39, 0.29) is 0 Å². The lowest BCUT2D eigenvalue weighted by Crippen LogP contribution is -1.98. The number of ether oxygens (including phenoxy) is 1. The molecule has 0 aliphatic heterocycles. The Kier molecular flexibility index (Phi) is 6.37. The summed E-state index contributed by atoms with van der Waals surface area (Å²) in [5.41, 5.74) is 0.348. The summed E-state index contributed by atoms with van der Waals surface area (Å²) >= 11 is 10.8. The van der Waals surface area contributed by atoms with Gasteiger partial charge in [-0.3, -0.25) is 0 Å². The molecule has 0 rings (SSSR count).